The molecule has 4 heteroatoms. The maximum Gasteiger partial charge on any atom is 0.147 e. The molecule has 0 spiro atoms. The molecule has 3 nitrogen and oxygen atoms in total. The average Bonchev–Trinajstić information content (AvgIpc) is 1.94. The second-order valence-corrected chi connectivity index (χ2v) is 6.80. The van der Waals surface area contributed by atoms with Crippen LogP contribution in [-0.4, -0.2) is 26.5 Å². The Balaban J connectivity index is 3.96. The van der Waals surface area contributed by atoms with Crippen LogP contribution < -0.4 is 5.73 Å². The Morgan fingerprint density at radius 2 is 1.71 bits per heavy atom. The van der Waals surface area contributed by atoms with Crippen molar-refractivity contribution in [1.29, 1.82) is 0 Å². The van der Waals surface area contributed by atoms with Crippen LogP contribution in [0.3, 0.4) is 0 Å². The quantitative estimate of drug-likeness (QED) is 0.738. The lowest BCUT2D eigenvalue weighted by Crippen LogP contribution is -2.30. The Morgan fingerprint density at radius 1 is 1.21 bits per heavy atom. The van der Waals surface area contributed by atoms with Crippen molar-refractivity contribution >= 4 is 9.84 Å². The molecule has 0 aromatic carbocycles. The molecule has 0 aromatic heterocycles. The lowest BCUT2D eigenvalue weighted by atomic mass is 9.86. The van der Waals surface area contributed by atoms with Gasteiger partial charge in [0, 0.05) is 18.1 Å². The summed E-state index contributed by atoms with van der Waals surface area (Å²) >= 11 is 0. The highest BCUT2D eigenvalue weighted by Gasteiger charge is 2.17. The van der Waals surface area contributed by atoms with Crippen LogP contribution in [0.5, 0.6) is 0 Å². The fraction of sp³-hybridized carbons (Fsp3) is 1.00. The van der Waals surface area contributed by atoms with Gasteiger partial charge in [0.15, 0.2) is 0 Å². The topological polar surface area (TPSA) is 60.2 Å². The average molecular weight is 221 g/mol. The van der Waals surface area contributed by atoms with Crippen molar-refractivity contribution in [2.75, 3.05) is 12.0 Å². The summed E-state index contributed by atoms with van der Waals surface area (Å²) in [4.78, 5) is 0. The number of nitrogens with two attached hydrogens (primary N) is 1. The van der Waals surface area contributed by atoms with Crippen molar-refractivity contribution < 1.29 is 8.42 Å². The van der Waals surface area contributed by atoms with Crippen LogP contribution in [0.2, 0.25) is 0 Å². The number of rotatable bonds is 6. The van der Waals surface area contributed by atoms with Gasteiger partial charge in [-0.25, -0.2) is 8.42 Å². The lowest BCUT2D eigenvalue weighted by Gasteiger charge is -2.24. The third-order valence-electron chi connectivity index (χ3n) is 2.58. The minimum atomic E-state index is -2.81. The first-order chi connectivity index (χ1) is 6.24. The largest absolute Gasteiger partial charge is 0.328 e. The molecule has 0 aromatic rings. The molecule has 2 atom stereocenters. The summed E-state index contributed by atoms with van der Waals surface area (Å²) in [7, 11) is -2.81. The standard InChI is InChI=1S/C10H23NO2S/c1-8(2)10(9(3)11)6-5-7-14(4,12)13/h8-10H,5-7,11H2,1-4H3. The Morgan fingerprint density at radius 3 is 2.00 bits per heavy atom. The SMILES string of the molecule is CC(C)C(CCCS(C)(=O)=O)C(C)N. The van der Waals surface area contributed by atoms with E-state index in [9.17, 15) is 8.42 Å². The summed E-state index contributed by atoms with van der Waals surface area (Å²) in [6.07, 6.45) is 2.91. The maximum absolute atomic E-state index is 10.9. The van der Waals surface area contributed by atoms with Crippen molar-refractivity contribution in [3.63, 3.8) is 0 Å². The van der Waals surface area contributed by atoms with Crippen molar-refractivity contribution in [2.45, 2.75) is 39.7 Å². The van der Waals surface area contributed by atoms with Crippen molar-refractivity contribution in [3.05, 3.63) is 0 Å². The van der Waals surface area contributed by atoms with Gasteiger partial charge in [0.1, 0.15) is 9.84 Å². The third-order valence-corrected chi connectivity index (χ3v) is 3.61. The Kier molecular flexibility index (Phi) is 5.67. The van der Waals surface area contributed by atoms with Gasteiger partial charge in [-0.2, -0.15) is 0 Å². The lowest BCUT2D eigenvalue weighted by molar-refractivity contribution is 0.309. The molecule has 0 saturated carbocycles. The highest BCUT2D eigenvalue weighted by molar-refractivity contribution is 7.90. The van der Waals surface area contributed by atoms with Gasteiger partial charge >= 0.3 is 0 Å². The van der Waals surface area contributed by atoms with Gasteiger partial charge in [-0.05, 0) is 31.6 Å². The van der Waals surface area contributed by atoms with Gasteiger partial charge in [0.25, 0.3) is 0 Å². The Hall–Kier alpha value is -0.0900. The monoisotopic (exact) mass is 221 g/mol. The summed E-state index contributed by atoms with van der Waals surface area (Å²) < 4.78 is 21.8. The molecule has 2 unspecified atom stereocenters. The molecule has 0 amide bonds. The minimum absolute atomic E-state index is 0.148. The fourth-order valence-corrected chi connectivity index (χ4v) is 2.48. The van der Waals surface area contributed by atoms with Crippen LogP contribution in [0.1, 0.15) is 33.6 Å². The molecule has 0 aliphatic rings. The van der Waals surface area contributed by atoms with E-state index < -0.39 is 9.84 Å². The molecule has 0 aliphatic heterocycles. The molecule has 86 valence electrons. The van der Waals surface area contributed by atoms with Crippen molar-refractivity contribution in [3.8, 4) is 0 Å². The van der Waals surface area contributed by atoms with Crippen LogP contribution in [0.15, 0.2) is 0 Å². The zero-order valence-corrected chi connectivity index (χ0v) is 10.5. The summed E-state index contributed by atoms with van der Waals surface area (Å²) in [5, 5.41) is 0. The molecule has 0 rings (SSSR count). The van der Waals surface area contributed by atoms with E-state index >= 15 is 0 Å². The maximum atomic E-state index is 10.9. The second kappa shape index (κ2) is 5.71. The van der Waals surface area contributed by atoms with E-state index in [2.05, 4.69) is 13.8 Å². The van der Waals surface area contributed by atoms with Gasteiger partial charge in [0.2, 0.25) is 0 Å². The van der Waals surface area contributed by atoms with Crippen molar-refractivity contribution in [1.82, 2.24) is 0 Å². The molecular weight excluding hydrogens is 198 g/mol. The molecule has 0 heterocycles. The normalized spacial score (nSPS) is 17.0. The van der Waals surface area contributed by atoms with Gasteiger partial charge in [-0.3, -0.25) is 0 Å². The zero-order chi connectivity index (χ0) is 11.4. The van der Waals surface area contributed by atoms with Gasteiger partial charge < -0.3 is 5.73 Å². The second-order valence-electron chi connectivity index (χ2n) is 4.54. The molecule has 0 radical (unpaired) electrons. The molecule has 14 heavy (non-hydrogen) atoms. The molecule has 0 saturated heterocycles. The molecular formula is C10H23NO2S. The minimum Gasteiger partial charge on any atom is -0.328 e. The van der Waals surface area contributed by atoms with Crippen molar-refractivity contribution in [2.24, 2.45) is 17.6 Å². The van der Waals surface area contributed by atoms with Crippen LogP contribution in [0.25, 0.3) is 0 Å². The number of hydrogen-bond acceptors (Lipinski definition) is 3. The zero-order valence-electron chi connectivity index (χ0n) is 9.66. The Bertz CT molecular complexity index is 237. The molecule has 0 aliphatic carbocycles. The van der Waals surface area contributed by atoms with E-state index in [1.807, 2.05) is 6.92 Å². The van der Waals surface area contributed by atoms with E-state index in [0.29, 0.717) is 11.8 Å². The highest BCUT2D eigenvalue weighted by atomic mass is 32.2. The smallest absolute Gasteiger partial charge is 0.147 e. The molecule has 0 bridgehead atoms. The summed E-state index contributed by atoms with van der Waals surface area (Å²) in [5.41, 5.74) is 5.84. The first kappa shape index (κ1) is 13.9. The summed E-state index contributed by atoms with van der Waals surface area (Å²) in [6.45, 7) is 6.26. The first-order valence-electron chi connectivity index (χ1n) is 5.17. The van der Waals surface area contributed by atoms with E-state index in [0.717, 1.165) is 12.8 Å². The highest BCUT2D eigenvalue weighted by Crippen LogP contribution is 2.20. The predicted molar refractivity (Wildman–Crippen MR) is 60.9 cm³/mol. The van der Waals surface area contributed by atoms with E-state index in [1.165, 1.54) is 6.26 Å². The van der Waals surface area contributed by atoms with Gasteiger partial charge in [-0.1, -0.05) is 13.8 Å². The molecule has 2 N–H and O–H groups in total. The number of sulfone groups is 1. The van der Waals surface area contributed by atoms with E-state index in [1.54, 1.807) is 0 Å². The molecule has 0 fully saturated rings. The van der Waals surface area contributed by atoms with Crippen LogP contribution in [-0.2, 0) is 9.84 Å². The number of hydrogen-bond donors (Lipinski definition) is 1. The van der Waals surface area contributed by atoms with Gasteiger partial charge in [-0.15, -0.1) is 0 Å². The van der Waals surface area contributed by atoms with E-state index in [4.69, 9.17) is 5.73 Å². The summed E-state index contributed by atoms with van der Waals surface area (Å²) in [6, 6.07) is 0.148. The van der Waals surface area contributed by atoms with E-state index in [-0.39, 0.29) is 11.8 Å². The van der Waals surface area contributed by atoms with Crippen LogP contribution in [0.4, 0.5) is 0 Å². The summed E-state index contributed by atoms with van der Waals surface area (Å²) in [5.74, 6) is 1.23. The van der Waals surface area contributed by atoms with Crippen LogP contribution in [0, 0.1) is 11.8 Å². The first-order valence-corrected chi connectivity index (χ1v) is 7.23. The third kappa shape index (κ3) is 6.38. The fourth-order valence-electron chi connectivity index (χ4n) is 1.78. The Labute approximate surface area is 88.0 Å². The van der Waals surface area contributed by atoms with Gasteiger partial charge in [0.05, 0.1) is 0 Å². The van der Waals surface area contributed by atoms with Crippen LogP contribution >= 0.6 is 0 Å². The predicted octanol–water partition coefficient (Wildman–Crippen LogP) is 1.43.